The third-order valence-corrected chi connectivity index (χ3v) is 5.57. The Balaban J connectivity index is 1.38. The van der Waals surface area contributed by atoms with Crippen LogP contribution in [-0.4, -0.2) is 20.4 Å². The fraction of sp³-hybridized carbons (Fsp3) is 0.0435. The zero-order chi connectivity index (χ0) is 22.2. The largest absolute Gasteiger partial charge is 0.436 e. The van der Waals surface area contributed by atoms with Crippen LogP contribution in [0.5, 0.6) is 0 Å². The van der Waals surface area contributed by atoms with Gasteiger partial charge in [-0.1, -0.05) is 12.1 Å². The van der Waals surface area contributed by atoms with E-state index in [0.29, 0.717) is 37.7 Å². The minimum Gasteiger partial charge on any atom is -0.436 e. The molecule has 9 heteroatoms. The van der Waals surface area contributed by atoms with Gasteiger partial charge in [-0.05, 0) is 64.5 Å². The SMILES string of the molecule is O=C(Cn1cnc2ccccc2c1=O)Nc1ccc2oc(-c3cc(F)ccc3Br)nc2c1. The lowest BCUT2D eigenvalue weighted by atomic mass is 10.2. The summed E-state index contributed by atoms with van der Waals surface area (Å²) in [7, 11) is 0. The number of para-hydroxylation sites is 1. The molecule has 0 saturated carbocycles. The molecule has 0 radical (unpaired) electrons. The van der Waals surface area contributed by atoms with Gasteiger partial charge >= 0.3 is 0 Å². The van der Waals surface area contributed by atoms with Gasteiger partial charge in [0.05, 0.1) is 22.8 Å². The van der Waals surface area contributed by atoms with Crippen LogP contribution >= 0.6 is 15.9 Å². The summed E-state index contributed by atoms with van der Waals surface area (Å²) < 4.78 is 21.3. The molecule has 0 aliphatic rings. The molecular formula is C23H14BrFN4O3. The van der Waals surface area contributed by atoms with Crippen LogP contribution in [0.2, 0.25) is 0 Å². The molecule has 0 aliphatic carbocycles. The van der Waals surface area contributed by atoms with Crippen LogP contribution in [0.3, 0.4) is 0 Å². The molecule has 7 nitrogen and oxygen atoms in total. The van der Waals surface area contributed by atoms with Gasteiger partial charge in [0.2, 0.25) is 11.8 Å². The maximum absolute atomic E-state index is 13.6. The lowest BCUT2D eigenvalue weighted by molar-refractivity contribution is -0.116. The third-order valence-electron chi connectivity index (χ3n) is 4.88. The van der Waals surface area contributed by atoms with Crippen molar-refractivity contribution >= 4 is 49.5 Å². The molecule has 0 bridgehead atoms. The van der Waals surface area contributed by atoms with Gasteiger partial charge in [-0.2, -0.15) is 0 Å². The van der Waals surface area contributed by atoms with Gasteiger partial charge in [0.15, 0.2) is 5.58 Å². The molecule has 0 saturated heterocycles. The Morgan fingerprint density at radius 1 is 1.09 bits per heavy atom. The van der Waals surface area contributed by atoms with Gasteiger partial charge in [0, 0.05) is 10.2 Å². The predicted octanol–water partition coefficient (Wildman–Crippen LogP) is 4.75. The van der Waals surface area contributed by atoms with Gasteiger partial charge in [-0.25, -0.2) is 14.4 Å². The van der Waals surface area contributed by atoms with E-state index >= 15 is 0 Å². The molecule has 5 rings (SSSR count). The van der Waals surface area contributed by atoms with Gasteiger partial charge in [-0.15, -0.1) is 0 Å². The van der Waals surface area contributed by atoms with Gasteiger partial charge in [0.1, 0.15) is 17.9 Å². The summed E-state index contributed by atoms with van der Waals surface area (Å²) in [6.07, 6.45) is 1.36. The van der Waals surface area contributed by atoms with Gasteiger partial charge in [0.25, 0.3) is 5.56 Å². The van der Waals surface area contributed by atoms with Crippen molar-refractivity contribution in [3.63, 3.8) is 0 Å². The molecule has 5 aromatic rings. The number of hydrogen-bond acceptors (Lipinski definition) is 5. The van der Waals surface area contributed by atoms with E-state index in [9.17, 15) is 14.0 Å². The predicted molar refractivity (Wildman–Crippen MR) is 122 cm³/mol. The minimum atomic E-state index is -0.406. The lowest BCUT2D eigenvalue weighted by Gasteiger charge is -2.08. The van der Waals surface area contributed by atoms with Crippen molar-refractivity contribution in [1.82, 2.24) is 14.5 Å². The highest BCUT2D eigenvalue weighted by Crippen LogP contribution is 2.31. The Hall–Kier alpha value is -3.85. The van der Waals surface area contributed by atoms with Crippen LogP contribution in [-0.2, 0) is 11.3 Å². The molecule has 3 aromatic carbocycles. The van der Waals surface area contributed by atoms with Crippen LogP contribution in [0.4, 0.5) is 10.1 Å². The molecule has 0 spiro atoms. The lowest BCUT2D eigenvalue weighted by Crippen LogP contribution is -2.27. The first-order valence-electron chi connectivity index (χ1n) is 9.58. The molecule has 1 amide bonds. The number of nitrogens with zero attached hydrogens (tertiary/aromatic N) is 3. The normalized spacial score (nSPS) is 11.2. The minimum absolute atomic E-state index is 0.186. The van der Waals surface area contributed by atoms with Crippen LogP contribution in [0.1, 0.15) is 0 Å². The second-order valence-corrected chi connectivity index (χ2v) is 7.92. The second-order valence-electron chi connectivity index (χ2n) is 7.07. The summed E-state index contributed by atoms with van der Waals surface area (Å²) in [4.78, 5) is 33.7. The van der Waals surface area contributed by atoms with E-state index in [4.69, 9.17) is 4.42 Å². The summed E-state index contributed by atoms with van der Waals surface area (Å²) in [5.41, 5.74) is 2.24. The number of anilines is 1. The topological polar surface area (TPSA) is 90.0 Å². The number of aromatic nitrogens is 3. The van der Waals surface area contributed by atoms with Crippen molar-refractivity contribution in [2.75, 3.05) is 5.32 Å². The molecular weight excluding hydrogens is 479 g/mol. The summed E-state index contributed by atoms with van der Waals surface area (Å²) in [6.45, 7) is -0.186. The summed E-state index contributed by atoms with van der Waals surface area (Å²) >= 11 is 3.37. The second kappa shape index (κ2) is 8.01. The van der Waals surface area contributed by atoms with E-state index in [1.807, 2.05) is 0 Å². The number of benzene rings is 3. The molecule has 0 aliphatic heterocycles. The maximum atomic E-state index is 13.6. The van der Waals surface area contributed by atoms with Gasteiger partial charge in [-0.3, -0.25) is 14.2 Å². The highest BCUT2D eigenvalue weighted by atomic mass is 79.9. The Bertz CT molecular complexity index is 1560. The van der Waals surface area contributed by atoms with Crippen molar-refractivity contribution in [3.8, 4) is 11.5 Å². The van der Waals surface area contributed by atoms with E-state index in [1.165, 1.54) is 23.0 Å². The first-order valence-corrected chi connectivity index (χ1v) is 10.4. The fourth-order valence-corrected chi connectivity index (χ4v) is 3.77. The van der Waals surface area contributed by atoms with Crippen LogP contribution in [0.15, 0.2) is 80.7 Å². The van der Waals surface area contributed by atoms with Crippen LogP contribution in [0, 0.1) is 5.82 Å². The first-order chi connectivity index (χ1) is 15.5. The number of carbonyl (C=O) groups is 1. The highest BCUT2D eigenvalue weighted by molar-refractivity contribution is 9.10. The van der Waals surface area contributed by atoms with Crippen molar-refractivity contribution in [2.45, 2.75) is 6.54 Å². The van der Waals surface area contributed by atoms with Gasteiger partial charge < -0.3 is 9.73 Å². The number of carbonyl (C=O) groups excluding carboxylic acids is 1. The Morgan fingerprint density at radius 2 is 1.94 bits per heavy atom. The fourth-order valence-electron chi connectivity index (χ4n) is 3.36. The third kappa shape index (κ3) is 3.78. The van der Waals surface area contributed by atoms with E-state index in [0.717, 1.165) is 0 Å². The Labute approximate surface area is 188 Å². The molecule has 2 heterocycles. The summed E-state index contributed by atoms with van der Waals surface area (Å²) in [6, 6.07) is 16.2. The van der Waals surface area contributed by atoms with Crippen molar-refractivity contribution < 1.29 is 13.6 Å². The molecule has 158 valence electrons. The number of fused-ring (bicyclic) bond motifs is 2. The van der Waals surface area contributed by atoms with Crippen LogP contribution < -0.4 is 10.9 Å². The monoisotopic (exact) mass is 492 g/mol. The zero-order valence-electron chi connectivity index (χ0n) is 16.4. The molecule has 0 fully saturated rings. The zero-order valence-corrected chi connectivity index (χ0v) is 18.0. The molecule has 2 aromatic heterocycles. The van der Waals surface area contributed by atoms with Crippen molar-refractivity contribution in [2.24, 2.45) is 0 Å². The average molecular weight is 493 g/mol. The average Bonchev–Trinajstić information content (AvgIpc) is 3.21. The number of nitrogens with one attached hydrogen (secondary N) is 1. The molecule has 1 N–H and O–H groups in total. The molecule has 0 atom stereocenters. The maximum Gasteiger partial charge on any atom is 0.261 e. The standard InChI is InChI=1S/C23H14BrFN4O3/c24-17-7-5-13(25)9-16(17)22-28-19-10-14(6-8-20(19)32-22)27-21(30)11-29-12-26-18-4-2-1-3-15(18)23(29)31/h1-10,12H,11H2,(H,27,30). The van der Waals surface area contributed by atoms with E-state index in [-0.39, 0.29) is 23.9 Å². The first kappa shape index (κ1) is 20.1. The van der Waals surface area contributed by atoms with E-state index in [2.05, 4.69) is 31.2 Å². The molecule has 0 unspecified atom stereocenters. The quantitative estimate of drug-likeness (QED) is 0.391. The Kier molecular flexibility index (Phi) is 5.02. The highest BCUT2D eigenvalue weighted by Gasteiger charge is 2.14. The Morgan fingerprint density at radius 3 is 2.81 bits per heavy atom. The smallest absolute Gasteiger partial charge is 0.261 e. The summed E-state index contributed by atoms with van der Waals surface area (Å²) in [5, 5.41) is 3.20. The number of oxazole rings is 1. The van der Waals surface area contributed by atoms with Crippen LogP contribution in [0.25, 0.3) is 33.5 Å². The number of rotatable bonds is 4. The number of halogens is 2. The molecule has 32 heavy (non-hydrogen) atoms. The van der Waals surface area contributed by atoms with E-state index in [1.54, 1.807) is 48.5 Å². The van der Waals surface area contributed by atoms with E-state index < -0.39 is 5.82 Å². The number of hydrogen-bond donors (Lipinski definition) is 1. The summed E-state index contributed by atoms with van der Waals surface area (Å²) in [5.74, 6) is -0.541. The number of amides is 1. The van der Waals surface area contributed by atoms with Crippen molar-refractivity contribution in [3.05, 3.63) is 87.6 Å². The van der Waals surface area contributed by atoms with Crippen molar-refractivity contribution in [1.29, 1.82) is 0 Å².